The topological polar surface area (TPSA) is 67.0 Å². The van der Waals surface area contributed by atoms with Crippen LogP contribution in [0, 0.1) is 6.92 Å². The molecule has 21 heavy (non-hydrogen) atoms. The van der Waals surface area contributed by atoms with Gasteiger partial charge in [0.05, 0.1) is 13.0 Å². The molecule has 0 aliphatic carbocycles. The average Bonchev–Trinajstić information content (AvgIpc) is 2.88. The summed E-state index contributed by atoms with van der Waals surface area (Å²) in [6.07, 6.45) is 2.27. The number of H-pyrrole nitrogens is 1. The van der Waals surface area contributed by atoms with Gasteiger partial charge >= 0.3 is 0 Å². The predicted octanol–water partition coefficient (Wildman–Crippen LogP) is 3.08. The van der Waals surface area contributed by atoms with Crippen LogP contribution < -0.4 is 10.1 Å². The molecule has 0 bridgehead atoms. The highest BCUT2D eigenvalue weighted by Crippen LogP contribution is 2.16. The summed E-state index contributed by atoms with van der Waals surface area (Å²) in [5.41, 5.74) is 2.10. The number of nitrogens with zero attached hydrogens (tertiary/aromatic N) is 1. The lowest BCUT2D eigenvalue weighted by molar-refractivity contribution is -0.116. The van der Waals surface area contributed by atoms with Crippen molar-refractivity contribution in [2.24, 2.45) is 0 Å². The van der Waals surface area contributed by atoms with Gasteiger partial charge in [0, 0.05) is 11.8 Å². The van der Waals surface area contributed by atoms with Crippen molar-refractivity contribution in [1.29, 1.82) is 0 Å². The molecular weight excluding hydrogens is 266 g/mol. The van der Waals surface area contributed by atoms with Crippen LogP contribution in [0.25, 0.3) is 0 Å². The third-order valence-electron chi connectivity index (χ3n) is 3.10. The van der Waals surface area contributed by atoms with Gasteiger partial charge in [-0.15, -0.1) is 0 Å². The Labute approximate surface area is 124 Å². The molecule has 1 amide bonds. The maximum atomic E-state index is 11.8. The van der Waals surface area contributed by atoms with Crippen LogP contribution in [0.3, 0.4) is 0 Å². The maximum Gasteiger partial charge on any atom is 0.229 e. The minimum Gasteiger partial charge on any atom is -0.493 e. The quantitative estimate of drug-likeness (QED) is 0.822. The Morgan fingerprint density at radius 1 is 1.38 bits per heavy atom. The molecule has 0 spiro atoms. The van der Waals surface area contributed by atoms with E-state index in [4.69, 9.17) is 4.74 Å². The second-order valence-corrected chi connectivity index (χ2v) is 4.94. The molecule has 0 radical (unpaired) electrons. The van der Waals surface area contributed by atoms with Gasteiger partial charge < -0.3 is 10.1 Å². The summed E-state index contributed by atoms with van der Waals surface area (Å²) >= 11 is 0. The number of aromatic nitrogens is 2. The van der Waals surface area contributed by atoms with Crippen molar-refractivity contribution < 1.29 is 9.53 Å². The first-order valence-corrected chi connectivity index (χ1v) is 7.21. The van der Waals surface area contributed by atoms with E-state index in [1.807, 2.05) is 37.3 Å². The van der Waals surface area contributed by atoms with Gasteiger partial charge in [-0.1, -0.05) is 31.5 Å². The number of aromatic amines is 1. The number of ether oxygens (including phenoxy) is 1. The van der Waals surface area contributed by atoms with Gasteiger partial charge in [-0.3, -0.25) is 9.89 Å². The molecule has 1 aromatic heterocycles. The summed E-state index contributed by atoms with van der Waals surface area (Å²) in [5.74, 6) is 1.28. The Morgan fingerprint density at radius 2 is 2.19 bits per heavy atom. The molecular formula is C16H21N3O2. The minimum absolute atomic E-state index is 0.0990. The molecule has 0 aliphatic rings. The number of aryl methyl sites for hydroxylation is 2. The van der Waals surface area contributed by atoms with Gasteiger partial charge in [-0.25, -0.2) is 0 Å². The van der Waals surface area contributed by atoms with E-state index in [2.05, 4.69) is 22.4 Å². The average molecular weight is 287 g/mol. The molecule has 0 unspecified atom stereocenters. The molecule has 2 rings (SSSR count). The van der Waals surface area contributed by atoms with Gasteiger partial charge in [-0.05, 0) is 25.0 Å². The fourth-order valence-electron chi connectivity index (χ4n) is 2.00. The van der Waals surface area contributed by atoms with Crippen LogP contribution in [-0.4, -0.2) is 22.7 Å². The molecule has 5 heteroatoms. The zero-order valence-electron chi connectivity index (χ0n) is 12.5. The summed E-state index contributed by atoms with van der Waals surface area (Å²) < 4.78 is 5.60. The number of carbonyl (C=O) groups is 1. The van der Waals surface area contributed by atoms with Crippen LogP contribution in [-0.2, 0) is 11.2 Å². The Morgan fingerprint density at radius 3 is 2.95 bits per heavy atom. The number of amides is 1. The van der Waals surface area contributed by atoms with Gasteiger partial charge in [0.1, 0.15) is 5.75 Å². The lowest BCUT2D eigenvalue weighted by Crippen LogP contribution is -2.15. The largest absolute Gasteiger partial charge is 0.493 e. The molecule has 1 heterocycles. The SMILES string of the molecule is CCCc1cc(NC(=O)CCOc2ccccc2C)n[nH]1. The Kier molecular flexibility index (Phi) is 5.37. The second kappa shape index (κ2) is 7.47. The molecule has 0 fully saturated rings. The van der Waals surface area contributed by atoms with Crippen molar-refractivity contribution in [2.75, 3.05) is 11.9 Å². The van der Waals surface area contributed by atoms with Gasteiger partial charge in [-0.2, -0.15) is 5.10 Å². The minimum atomic E-state index is -0.0990. The lowest BCUT2D eigenvalue weighted by Gasteiger charge is -2.08. The fourth-order valence-corrected chi connectivity index (χ4v) is 2.00. The van der Waals surface area contributed by atoms with E-state index in [-0.39, 0.29) is 5.91 Å². The summed E-state index contributed by atoms with van der Waals surface area (Å²) in [5, 5.41) is 9.72. The Hall–Kier alpha value is -2.30. The molecule has 2 N–H and O–H groups in total. The number of hydrogen-bond acceptors (Lipinski definition) is 3. The highest BCUT2D eigenvalue weighted by molar-refractivity contribution is 5.89. The van der Waals surface area contributed by atoms with E-state index in [9.17, 15) is 4.79 Å². The van der Waals surface area contributed by atoms with Crippen molar-refractivity contribution in [2.45, 2.75) is 33.1 Å². The first-order valence-electron chi connectivity index (χ1n) is 7.21. The zero-order chi connectivity index (χ0) is 15.1. The van der Waals surface area contributed by atoms with Crippen LogP contribution in [0.5, 0.6) is 5.75 Å². The maximum absolute atomic E-state index is 11.8. The third kappa shape index (κ3) is 4.63. The van der Waals surface area contributed by atoms with Crippen LogP contribution in [0.4, 0.5) is 5.82 Å². The van der Waals surface area contributed by atoms with E-state index in [1.165, 1.54) is 0 Å². The molecule has 0 aliphatic heterocycles. The number of hydrogen-bond donors (Lipinski definition) is 2. The van der Waals surface area contributed by atoms with Crippen molar-refractivity contribution in [3.05, 3.63) is 41.6 Å². The lowest BCUT2D eigenvalue weighted by atomic mass is 10.2. The Bertz CT molecular complexity index is 593. The predicted molar refractivity (Wildman–Crippen MR) is 82.5 cm³/mol. The van der Waals surface area contributed by atoms with Crippen LogP contribution >= 0.6 is 0 Å². The fraction of sp³-hybridized carbons (Fsp3) is 0.375. The monoisotopic (exact) mass is 287 g/mol. The molecule has 112 valence electrons. The first-order chi connectivity index (χ1) is 10.2. The van der Waals surface area contributed by atoms with Gasteiger partial charge in [0.2, 0.25) is 5.91 Å². The van der Waals surface area contributed by atoms with Crippen molar-refractivity contribution in [3.63, 3.8) is 0 Å². The highest BCUT2D eigenvalue weighted by atomic mass is 16.5. The third-order valence-corrected chi connectivity index (χ3v) is 3.10. The Balaban J connectivity index is 1.75. The van der Waals surface area contributed by atoms with Crippen molar-refractivity contribution >= 4 is 11.7 Å². The van der Waals surface area contributed by atoms with Crippen LogP contribution in [0.1, 0.15) is 31.0 Å². The summed E-state index contributed by atoms with van der Waals surface area (Å²) in [6, 6.07) is 9.62. The molecule has 0 atom stereocenters. The number of rotatable bonds is 7. The molecule has 5 nitrogen and oxygen atoms in total. The standard InChI is InChI=1S/C16H21N3O2/c1-3-6-13-11-15(19-18-13)17-16(20)9-10-21-14-8-5-4-7-12(14)2/h4-5,7-8,11H,3,6,9-10H2,1-2H3,(H2,17,18,19,20). The number of benzene rings is 1. The summed E-state index contributed by atoms with van der Waals surface area (Å²) in [6.45, 7) is 4.43. The van der Waals surface area contributed by atoms with E-state index in [0.29, 0.717) is 18.8 Å². The molecule has 1 aromatic carbocycles. The van der Waals surface area contributed by atoms with E-state index >= 15 is 0 Å². The molecule has 0 saturated heterocycles. The number of carbonyl (C=O) groups excluding carboxylic acids is 1. The molecule has 0 saturated carbocycles. The summed E-state index contributed by atoms with van der Waals surface area (Å²) in [7, 11) is 0. The molecule has 2 aromatic rings. The van der Waals surface area contributed by atoms with E-state index in [0.717, 1.165) is 29.8 Å². The van der Waals surface area contributed by atoms with Crippen molar-refractivity contribution in [3.8, 4) is 5.75 Å². The van der Waals surface area contributed by atoms with E-state index < -0.39 is 0 Å². The van der Waals surface area contributed by atoms with Gasteiger partial charge in [0.15, 0.2) is 5.82 Å². The van der Waals surface area contributed by atoms with Crippen LogP contribution in [0.2, 0.25) is 0 Å². The van der Waals surface area contributed by atoms with Gasteiger partial charge in [0.25, 0.3) is 0 Å². The number of para-hydroxylation sites is 1. The smallest absolute Gasteiger partial charge is 0.229 e. The second-order valence-electron chi connectivity index (χ2n) is 4.94. The van der Waals surface area contributed by atoms with E-state index in [1.54, 1.807) is 0 Å². The number of nitrogens with one attached hydrogen (secondary N) is 2. The normalized spacial score (nSPS) is 10.4. The summed E-state index contributed by atoms with van der Waals surface area (Å²) in [4.78, 5) is 11.8. The van der Waals surface area contributed by atoms with Crippen molar-refractivity contribution in [1.82, 2.24) is 10.2 Å². The first kappa shape index (κ1) is 15.1. The number of anilines is 1. The zero-order valence-corrected chi connectivity index (χ0v) is 12.5. The highest BCUT2D eigenvalue weighted by Gasteiger charge is 2.06. The van der Waals surface area contributed by atoms with Crippen LogP contribution in [0.15, 0.2) is 30.3 Å².